The van der Waals surface area contributed by atoms with Gasteiger partial charge in [-0.3, -0.25) is 29.4 Å². The predicted octanol–water partition coefficient (Wildman–Crippen LogP) is 6.40. The molecule has 3 saturated carbocycles. The summed E-state index contributed by atoms with van der Waals surface area (Å²) < 4.78 is 30.6. The van der Waals surface area contributed by atoms with Gasteiger partial charge in [-0.05, 0) is 87.0 Å². The van der Waals surface area contributed by atoms with Crippen LogP contribution < -0.4 is 20.7 Å². The minimum Gasteiger partial charge on any atom is -0.496 e. The average Bonchev–Trinajstić information content (AvgIpc) is 3.93. The molecule has 3 heterocycles. The number of methoxy groups -OCH3 is 1. The van der Waals surface area contributed by atoms with E-state index in [0.29, 0.717) is 16.4 Å². The molecule has 2 unspecified atom stereocenters. The first-order valence-electron chi connectivity index (χ1n) is 22.9. The van der Waals surface area contributed by atoms with E-state index in [1.165, 1.54) is 12.5 Å². The van der Waals surface area contributed by atoms with Crippen LogP contribution in [0.3, 0.4) is 0 Å². The number of anilines is 1. The molecule has 0 radical (unpaired) electrons. The molecule has 4 aromatic rings. The summed E-state index contributed by atoms with van der Waals surface area (Å²) in [6.07, 6.45) is 0.660. The van der Waals surface area contributed by atoms with Crippen LogP contribution in [-0.2, 0) is 57.6 Å². The second-order valence-electron chi connectivity index (χ2n) is 19.4. The minimum absolute atomic E-state index is 0.00520. The van der Waals surface area contributed by atoms with Crippen LogP contribution in [0.2, 0.25) is 0 Å². The summed E-state index contributed by atoms with van der Waals surface area (Å²) >= 11 is 0.968. The molecule has 0 spiro atoms. The van der Waals surface area contributed by atoms with Gasteiger partial charge in [-0.1, -0.05) is 86.6 Å². The smallest absolute Gasteiger partial charge is 0.482 e. The molecule has 2 bridgehead atoms. The molecule has 6 amide bonds. The van der Waals surface area contributed by atoms with E-state index in [9.17, 15) is 28.8 Å². The van der Waals surface area contributed by atoms with Crippen LogP contribution >= 0.6 is 11.3 Å². The van der Waals surface area contributed by atoms with E-state index >= 15 is 0 Å². The number of benzene rings is 3. The fourth-order valence-electron chi connectivity index (χ4n) is 9.73. The number of amides is 6. The van der Waals surface area contributed by atoms with Crippen LogP contribution in [-0.4, -0.2) is 101 Å². The zero-order valence-corrected chi connectivity index (χ0v) is 40.5. The number of para-hydroxylation sites is 1. The summed E-state index contributed by atoms with van der Waals surface area (Å²) in [5.74, 6) is -3.78. The average molecular weight is 965 g/mol. The van der Waals surface area contributed by atoms with Crippen molar-refractivity contribution in [1.82, 2.24) is 25.6 Å². The van der Waals surface area contributed by atoms with E-state index in [1.807, 2.05) is 43.3 Å². The summed E-state index contributed by atoms with van der Waals surface area (Å²) in [7, 11) is 0.423. The van der Waals surface area contributed by atoms with E-state index in [0.717, 1.165) is 40.4 Å². The molecular formula is C49H57BN6O12S. The van der Waals surface area contributed by atoms with Crippen molar-refractivity contribution in [3.05, 3.63) is 112 Å². The van der Waals surface area contributed by atoms with Crippen molar-refractivity contribution < 1.29 is 57.1 Å². The molecule has 3 aromatic carbocycles. The SMILES string of the molecule is COc1c(C[C@H](NC(=O)C(NC(=O)N2CCN(OCc3ccccc3)C(=O)C2=O)c2csc(NC(=O)OCc3ccccc3)n2)B2OC3C[C@H]4C[C@@H](C4(C)C)[C@]3(C)O2)cccc1C(=O)OC(C)(C)C. The second kappa shape index (κ2) is 19.9. The van der Waals surface area contributed by atoms with Gasteiger partial charge in [-0.15, -0.1) is 11.3 Å². The number of ether oxygens (including phenoxy) is 3. The van der Waals surface area contributed by atoms with Crippen LogP contribution in [0.1, 0.15) is 93.2 Å². The van der Waals surface area contributed by atoms with Crippen molar-refractivity contribution in [1.29, 1.82) is 0 Å². The first kappa shape index (κ1) is 49.1. The lowest BCUT2D eigenvalue weighted by Crippen LogP contribution is -2.65. The van der Waals surface area contributed by atoms with Crippen molar-refractivity contribution in [2.24, 2.45) is 17.3 Å². The van der Waals surface area contributed by atoms with Gasteiger partial charge in [0.25, 0.3) is 0 Å². The summed E-state index contributed by atoms with van der Waals surface area (Å²) in [5.41, 5.74) is 0.735. The maximum Gasteiger partial charge on any atom is 0.482 e. The van der Waals surface area contributed by atoms with Crippen LogP contribution in [0, 0.1) is 17.3 Å². The highest BCUT2D eigenvalue weighted by Crippen LogP contribution is 2.65. The second-order valence-corrected chi connectivity index (χ2v) is 20.3. The van der Waals surface area contributed by atoms with E-state index in [1.54, 1.807) is 63.2 Å². The number of hydrogen-bond acceptors (Lipinski definition) is 14. The Bertz CT molecular complexity index is 2580. The number of aromatic nitrogens is 1. The quantitative estimate of drug-likeness (QED) is 0.0669. The Morgan fingerprint density at radius 3 is 2.26 bits per heavy atom. The van der Waals surface area contributed by atoms with Gasteiger partial charge in [0.2, 0.25) is 5.91 Å². The highest BCUT2D eigenvalue weighted by molar-refractivity contribution is 7.14. The Kier molecular flexibility index (Phi) is 14.2. The predicted molar refractivity (Wildman–Crippen MR) is 252 cm³/mol. The van der Waals surface area contributed by atoms with Crippen molar-refractivity contribution in [2.75, 3.05) is 25.5 Å². The molecule has 69 heavy (non-hydrogen) atoms. The molecule has 6 atom stereocenters. The summed E-state index contributed by atoms with van der Waals surface area (Å²) in [5, 5.41) is 10.7. The van der Waals surface area contributed by atoms with E-state index in [4.69, 9.17) is 28.4 Å². The molecule has 5 fully saturated rings. The third-order valence-electron chi connectivity index (χ3n) is 13.4. The minimum atomic E-state index is -1.61. The maximum absolute atomic E-state index is 15.0. The van der Waals surface area contributed by atoms with Crippen LogP contribution in [0.5, 0.6) is 5.75 Å². The zero-order valence-electron chi connectivity index (χ0n) is 39.6. The van der Waals surface area contributed by atoms with Gasteiger partial charge in [0.15, 0.2) is 11.2 Å². The molecule has 3 aliphatic carbocycles. The summed E-state index contributed by atoms with van der Waals surface area (Å²) in [4.78, 5) is 93.1. The molecule has 364 valence electrons. The van der Waals surface area contributed by atoms with Gasteiger partial charge in [-0.2, -0.15) is 0 Å². The largest absolute Gasteiger partial charge is 0.496 e. The zero-order chi connectivity index (χ0) is 49.3. The number of urea groups is 1. The van der Waals surface area contributed by atoms with Gasteiger partial charge in [-0.25, -0.2) is 24.4 Å². The Hall–Kier alpha value is -6.35. The van der Waals surface area contributed by atoms with Crippen molar-refractivity contribution in [2.45, 2.75) is 103 Å². The number of piperazine rings is 1. The third kappa shape index (κ3) is 10.6. The molecule has 5 aliphatic rings. The van der Waals surface area contributed by atoms with Gasteiger partial charge < -0.3 is 34.2 Å². The molecule has 3 N–H and O–H groups in total. The number of imide groups is 1. The monoisotopic (exact) mass is 964 g/mol. The van der Waals surface area contributed by atoms with Crippen molar-refractivity contribution in [3.8, 4) is 5.75 Å². The standard InChI is InChI=1S/C49H57BN6O12S/c1-47(2,3)66-43(60)33-20-14-19-31(39(33)63-7)23-37(50-67-36-25-32-24-35(48(32,4)5)49(36,6)68-50)52-40(57)38(34-28-69-44(51-34)54-46(62)64-26-29-15-10-8-11-16-29)53-45(61)55-21-22-56(42(59)41(55)58)65-27-30-17-12-9-13-18-30/h8-20,28,32,35-38H,21-27H2,1-7H3,(H,52,57)(H,53,61)(H,51,54,62)/t32-,35+,36?,37+,38?,49+/m1/s1. The van der Waals surface area contributed by atoms with Gasteiger partial charge in [0.05, 0.1) is 43.5 Å². The number of hydroxylamine groups is 2. The molecular weight excluding hydrogens is 907 g/mol. The molecule has 20 heteroatoms. The normalized spacial score (nSPS) is 22.4. The number of carbonyl (C=O) groups excluding carboxylic acids is 6. The third-order valence-corrected chi connectivity index (χ3v) is 14.2. The first-order chi connectivity index (χ1) is 32.8. The Labute approximate surface area is 404 Å². The summed E-state index contributed by atoms with van der Waals surface area (Å²) in [6.45, 7) is 11.4. The Morgan fingerprint density at radius 2 is 1.59 bits per heavy atom. The molecule has 1 aromatic heterocycles. The highest BCUT2D eigenvalue weighted by Gasteiger charge is 2.68. The van der Waals surface area contributed by atoms with Crippen molar-refractivity contribution >= 4 is 59.4 Å². The topological polar surface area (TPSA) is 213 Å². The maximum atomic E-state index is 15.0. The molecule has 2 saturated heterocycles. The lowest BCUT2D eigenvalue weighted by Gasteiger charge is -2.64. The number of hydrogen-bond donors (Lipinski definition) is 3. The van der Waals surface area contributed by atoms with Gasteiger partial charge in [0, 0.05) is 5.38 Å². The van der Waals surface area contributed by atoms with E-state index in [-0.39, 0.29) is 72.3 Å². The number of esters is 1. The van der Waals surface area contributed by atoms with Gasteiger partial charge in [0.1, 0.15) is 30.1 Å². The number of rotatable bonds is 15. The van der Waals surface area contributed by atoms with Crippen molar-refractivity contribution in [3.63, 3.8) is 0 Å². The summed E-state index contributed by atoms with van der Waals surface area (Å²) in [6, 6.07) is 20.5. The fourth-order valence-corrected chi connectivity index (χ4v) is 10.4. The van der Waals surface area contributed by atoms with E-state index < -0.39 is 66.1 Å². The van der Waals surface area contributed by atoms with Crippen LogP contribution in [0.25, 0.3) is 0 Å². The fraction of sp³-hybridized carbons (Fsp3) is 0.449. The highest BCUT2D eigenvalue weighted by atomic mass is 32.1. The lowest BCUT2D eigenvalue weighted by atomic mass is 9.43. The van der Waals surface area contributed by atoms with E-state index in [2.05, 4.69) is 34.8 Å². The number of nitrogens with one attached hydrogen (secondary N) is 3. The molecule has 2 aliphatic heterocycles. The lowest BCUT2D eigenvalue weighted by molar-refractivity contribution is -0.201. The Balaban J connectivity index is 1.07. The Morgan fingerprint density at radius 1 is 0.899 bits per heavy atom. The van der Waals surface area contributed by atoms with Crippen LogP contribution in [0.15, 0.2) is 84.2 Å². The first-order valence-corrected chi connectivity index (χ1v) is 23.8. The molecule has 9 rings (SSSR count). The number of thiazole rings is 1. The van der Waals surface area contributed by atoms with Crippen LogP contribution in [0.4, 0.5) is 14.7 Å². The molecule has 18 nitrogen and oxygen atoms in total. The number of nitrogens with zero attached hydrogens (tertiary/aromatic N) is 3. The van der Waals surface area contributed by atoms with Gasteiger partial charge >= 0.3 is 37.0 Å². The number of carbonyl (C=O) groups is 6.